The molecule has 0 aliphatic carbocycles. The Hall–Kier alpha value is -0.770. The van der Waals surface area contributed by atoms with Crippen molar-refractivity contribution in [3.05, 3.63) is 29.8 Å². The standard InChI is InChI=1S/C15H20ClNO2/c16-9-13-11-17(6-8-18-13)10-12-5-7-19-15-4-2-1-3-14(12)15/h1-4,12-13H,5-11H2. The van der Waals surface area contributed by atoms with Gasteiger partial charge in [-0.25, -0.2) is 0 Å². The summed E-state index contributed by atoms with van der Waals surface area (Å²) < 4.78 is 11.3. The smallest absolute Gasteiger partial charge is 0.122 e. The highest BCUT2D eigenvalue weighted by atomic mass is 35.5. The Morgan fingerprint density at radius 3 is 3.05 bits per heavy atom. The maximum absolute atomic E-state index is 5.90. The van der Waals surface area contributed by atoms with Crippen molar-refractivity contribution in [2.24, 2.45) is 0 Å². The van der Waals surface area contributed by atoms with Crippen LogP contribution in [0.5, 0.6) is 5.75 Å². The summed E-state index contributed by atoms with van der Waals surface area (Å²) in [5, 5.41) is 0. The zero-order valence-electron chi connectivity index (χ0n) is 11.1. The number of halogens is 1. The van der Waals surface area contributed by atoms with Gasteiger partial charge in [-0.2, -0.15) is 0 Å². The molecule has 3 nitrogen and oxygen atoms in total. The zero-order chi connectivity index (χ0) is 13.1. The summed E-state index contributed by atoms with van der Waals surface area (Å²) in [5.74, 6) is 2.21. The number of alkyl halides is 1. The first-order valence-corrected chi connectivity index (χ1v) is 7.52. The van der Waals surface area contributed by atoms with Gasteiger partial charge in [0.2, 0.25) is 0 Å². The molecule has 0 radical (unpaired) electrons. The zero-order valence-corrected chi connectivity index (χ0v) is 11.8. The SMILES string of the molecule is ClCC1CN(CC2CCOc3ccccc32)CCO1. The second-order valence-electron chi connectivity index (χ2n) is 5.28. The van der Waals surface area contributed by atoms with Crippen molar-refractivity contribution >= 4 is 11.6 Å². The van der Waals surface area contributed by atoms with Crippen molar-refractivity contribution in [3.63, 3.8) is 0 Å². The fraction of sp³-hybridized carbons (Fsp3) is 0.600. The Labute approximate surface area is 119 Å². The van der Waals surface area contributed by atoms with Gasteiger partial charge < -0.3 is 9.47 Å². The van der Waals surface area contributed by atoms with Crippen molar-refractivity contribution in [3.8, 4) is 5.75 Å². The van der Waals surface area contributed by atoms with Gasteiger partial charge in [-0.1, -0.05) is 18.2 Å². The monoisotopic (exact) mass is 281 g/mol. The molecule has 2 unspecified atom stereocenters. The largest absolute Gasteiger partial charge is 0.493 e. The van der Waals surface area contributed by atoms with Gasteiger partial charge in [-0.05, 0) is 18.1 Å². The number of fused-ring (bicyclic) bond motifs is 1. The van der Waals surface area contributed by atoms with Crippen LogP contribution in [0.1, 0.15) is 17.9 Å². The predicted octanol–water partition coefficient (Wildman–Crippen LogP) is 2.49. The fourth-order valence-corrected chi connectivity index (χ4v) is 3.14. The van der Waals surface area contributed by atoms with Crippen LogP contribution in [0.2, 0.25) is 0 Å². The van der Waals surface area contributed by atoms with Crippen molar-refractivity contribution < 1.29 is 9.47 Å². The molecule has 0 saturated carbocycles. The molecule has 3 rings (SSSR count). The van der Waals surface area contributed by atoms with Gasteiger partial charge in [0.05, 0.1) is 19.3 Å². The summed E-state index contributed by atoms with van der Waals surface area (Å²) in [6.07, 6.45) is 1.28. The van der Waals surface area contributed by atoms with Crippen LogP contribution in [-0.2, 0) is 4.74 Å². The minimum atomic E-state index is 0.186. The minimum absolute atomic E-state index is 0.186. The third kappa shape index (κ3) is 3.04. The maximum Gasteiger partial charge on any atom is 0.122 e. The molecular formula is C15H20ClNO2. The lowest BCUT2D eigenvalue weighted by molar-refractivity contribution is -0.0193. The number of rotatable bonds is 3. The lowest BCUT2D eigenvalue weighted by Crippen LogP contribution is -2.45. The van der Waals surface area contributed by atoms with Gasteiger partial charge >= 0.3 is 0 Å². The summed E-state index contributed by atoms with van der Waals surface area (Å²) in [6, 6.07) is 8.40. The molecule has 0 spiro atoms. The maximum atomic E-state index is 5.90. The summed E-state index contributed by atoms with van der Waals surface area (Å²) in [4.78, 5) is 2.48. The summed E-state index contributed by atoms with van der Waals surface area (Å²) in [5.41, 5.74) is 1.35. The topological polar surface area (TPSA) is 21.7 Å². The molecule has 1 saturated heterocycles. The molecule has 104 valence electrons. The van der Waals surface area contributed by atoms with E-state index >= 15 is 0 Å². The number of morpholine rings is 1. The summed E-state index contributed by atoms with van der Waals surface area (Å²) >= 11 is 5.90. The Morgan fingerprint density at radius 2 is 2.16 bits per heavy atom. The third-order valence-electron chi connectivity index (χ3n) is 3.96. The van der Waals surface area contributed by atoms with Crippen LogP contribution in [0, 0.1) is 0 Å². The van der Waals surface area contributed by atoms with Crippen LogP contribution in [0.4, 0.5) is 0 Å². The molecule has 0 bridgehead atoms. The van der Waals surface area contributed by atoms with Crippen molar-refractivity contribution in [2.75, 3.05) is 38.7 Å². The average Bonchev–Trinajstić information content (AvgIpc) is 2.48. The fourth-order valence-electron chi connectivity index (χ4n) is 2.96. The molecule has 2 aliphatic heterocycles. The van der Waals surface area contributed by atoms with Crippen LogP contribution in [0.15, 0.2) is 24.3 Å². The molecule has 1 aromatic rings. The van der Waals surface area contributed by atoms with E-state index in [1.165, 1.54) is 5.56 Å². The highest BCUT2D eigenvalue weighted by Gasteiger charge is 2.26. The second-order valence-corrected chi connectivity index (χ2v) is 5.59. The lowest BCUT2D eigenvalue weighted by Gasteiger charge is -2.36. The van der Waals surface area contributed by atoms with Crippen LogP contribution < -0.4 is 4.74 Å². The number of hydrogen-bond donors (Lipinski definition) is 0. The Kier molecular flexibility index (Phi) is 4.26. The molecule has 0 N–H and O–H groups in total. The Bertz CT molecular complexity index is 426. The molecule has 4 heteroatoms. The molecule has 2 atom stereocenters. The first-order chi connectivity index (χ1) is 9.36. The van der Waals surface area contributed by atoms with E-state index in [9.17, 15) is 0 Å². The highest BCUT2D eigenvalue weighted by molar-refractivity contribution is 6.18. The first kappa shape index (κ1) is 13.2. The minimum Gasteiger partial charge on any atom is -0.493 e. The number of ether oxygens (including phenoxy) is 2. The van der Waals surface area contributed by atoms with E-state index < -0.39 is 0 Å². The van der Waals surface area contributed by atoms with Gasteiger partial charge in [0.25, 0.3) is 0 Å². The van der Waals surface area contributed by atoms with Crippen molar-refractivity contribution in [1.29, 1.82) is 0 Å². The second kappa shape index (κ2) is 6.12. The van der Waals surface area contributed by atoms with E-state index in [1.807, 2.05) is 6.07 Å². The average molecular weight is 282 g/mol. The number of para-hydroxylation sites is 1. The van der Waals surface area contributed by atoms with Crippen LogP contribution in [-0.4, -0.2) is 49.7 Å². The molecular weight excluding hydrogens is 262 g/mol. The van der Waals surface area contributed by atoms with Crippen LogP contribution in [0.25, 0.3) is 0 Å². The molecule has 2 heterocycles. The van der Waals surface area contributed by atoms with Crippen molar-refractivity contribution in [1.82, 2.24) is 4.90 Å². The molecule has 0 aromatic heterocycles. The normalized spacial score (nSPS) is 27.6. The van der Waals surface area contributed by atoms with Gasteiger partial charge in [0.1, 0.15) is 5.75 Å². The Balaban J connectivity index is 1.67. The molecule has 0 amide bonds. The molecule has 1 aromatic carbocycles. The summed E-state index contributed by atoms with van der Waals surface area (Å²) in [7, 11) is 0. The van der Waals surface area contributed by atoms with Gasteiger partial charge in [-0.15, -0.1) is 11.6 Å². The van der Waals surface area contributed by atoms with E-state index in [0.717, 1.165) is 45.0 Å². The van der Waals surface area contributed by atoms with Crippen LogP contribution in [0.3, 0.4) is 0 Å². The van der Waals surface area contributed by atoms with E-state index in [4.69, 9.17) is 21.1 Å². The van der Waals surface area contributed by atoms with Gasteiger partial charge in [-0.3, -0.25) is 4.90 Å². The molecule has 2 aliphatic rings. The van der Waals surface area contributed by atoms with Crippen LogP contribution >= 0.6 is 11.6 Å². The van der Waals surface area contributed by atoms with E-state index in [2.05, 4.69) is 23.1 Å². The van der Waals surface area contributed by atoms with Crippen molar-refractivity contribution in [2.45, 2.75) is 18.4 Å². The molecule has 1 fully saturated rings. The Morgan fingerprint density at radius 1 is 1.26 bits per heavy atom. The summed E-state index contributed by atoms with van der Waals surface area (Å²) in [6.45, 7) is 4.65. The lowest BCUT2D eigenvalue weighted by atomic mass is 9.92. The van der Waals surface area contributed by atoms with Gasteiger partial charge in [0.15, 0.2) is 0 Å². The number of benzene rings is 1. The molecule has 19 heavy (non-hydrogen) atoms. The number of hydrogen-bond acceptors (Lipinski definition) is 3. The van der Waals surface area contributed by atoms with E-state index in [-0.39, 0.29) is 6.10 Å². The first-order valence-electron chi connectivity index (χ1n) is 6.98. The third-order valence-corrected chi connectivity index (χ3v) is 4.30. The quantitative estimate of drug-likeness (QED) is 0.795. The van der Waals surface area contributed by atoms with E-state index in [1.54, 1.807) is 0 Å². The van der Waals surface area contributed by atoms with Gasteiger partial charge in [0, 0.05) is 31.4 Å². The predicted molar refractivity (Wildman–Crippen MR) is 76.2 cm³/mol. The van der Waals surface area contributed by atoms with E-state index in [0.29, 0.717) is 11.8 Å². The highest BCUT2D eigenvalue weighted by Crippen LogP contribution is 2.34. The number of nitrogens with zero attached hydrogens (tertiary/aromatic N) is 1.